The molecule has 0 aliphatic rings. The summed E-state index contributed by atoms with van der Waals surface area (Å²) in [7, 11) is 1.60. The van der Waals surface area contributed by atoms with Gasteiger partial charge in [0.05, 0.1) is 13.2 Å². The van der Waals surface area contributed by atoms with E-state index in [0.717, 1.165) is 10.0 Å². The average molecular weight is 328 g/mol. The second-order valence-corrected chi connectivity index (χ2v) is 5.03. The molecule has 0 amide bonds. The first-order chi connectivity index (χ1) is 8.63. The number of nitrogens with zero attached hydrogens (tertiary/aromatic N) is 1. The molecule has 0 spiro atoms. The summed E-state index contributed by atoms with van der Waals surface area (Å²) in [6.45, 7) is 0. The number of rotatable bonds is 3. The number of halogens is 2. The van der Waals surface area contributed by atoms with Gasteiger partial charge in [-0.3, -0.25) is 4.98 Å². The van der Waals surface area contributed by atoms with E-state index >= 15 is 0 Å². The van der Waals surface area contributed by atoms with Gasteiger partial charge in [-0.15, -0.1) is 0 Å². The van der Waals surface area contributed by atoms with Crippen LogP contribution in [0.15, 0.2) is 41.0 Å². The highest BCUT2D eigenvalue weighted by molar-refractivity contribution is 9.10. The molecule has 0 aliphatic carbocycles. The van der Waals surface area contributed by atoms with Crippen LogP contribution in [0.2, 0.25) is 5.02 Å². The molecule has 94 valence electrons. The summed E-state index contributed by atoms with van der Waals surface area (Å²) < 4.78 is 6.16. The zero-order chi connectivity index (χ0) is 13.1. The Kier molecular flexibility index (Phi) is 4.22. The molecular formula is C13H12BrClN2O. The minimum absolute atomic E-state index is 0.394. The largest absolute Gasteiger partial charge is 0.495 e. The van der Waals surface area contributed by atoms with Crippen LogP contribution in [0.3, 0.4) is 0 Å². The van der Waals surface area contributed by atoms with Crippen LogP contribution in [0.1, 0.15) is 17.3 Å². The molecule has 0 saturated carbocycles. The molecule has 1 unspecified atom stereocenters. The Hall–Kier alpha value is -1.10. The number of aromatic nitrogens is 1. The molecule has 5 heteroatoms. The Morgan fingerprint density at radius 2 is 2.17 bits per heavy atom. The van der Waals surface area contributed by atoms with E-state index in [0.29, 0.717) is 16.5 Å². The molecule has 2 rings (SSSR count). The summed E-state index contributed by atoms with van der Waals surface area (Å²) in [5.74, 6) is 0.664. The highest BCUT2D eigenvalue weighted by atomic mass is 79.9. The summed E-state index contributed by atoms with van der Waals surface area (Å²) in [5, 5.41) is 0.638. The number of pyridine rings is 1. The minimum atomic E-state index is -0.394. The number of nitrogens with two attached hydrogens (primary N) is 1. The maximum atomic E-state index is 6.23. The predicted octanol–water partition coefficient (Wildman–Crippen LogP) is 3.55. The third-order valence-electron chi connectivity index (χ3n) is 2.61. The maximum absolute atomic E-state index is 6.23. The van der Waals surface area contributed by atoms with Crippen molar-refractivity contribution >= 4 is 27.5 Å². The molecule has 1 aromatic carbocycles. The normalized spacial score (nSPS) is 12.2. The van der Waals surface area contributed by atoms with Crippen LogP contribution in [0, 0.1) is 0 Å². The van der Waals surface area contributed by atoms with Crippen molar-refractivity contribution in [1.82, 2.24) is 4.98 Å². The van der Waals surface area contributed by atoms with Gasteiger partial charge in [0, 0.05) is 15.7 Å². The summed E-state index contributed by atoms with van der Waals surface area (Å²) in [6, 6.07) is 8.74. The molecule has 1 heterocycles. The SMILES string of the molecule is COc1cccnc1C(N)c1cc(Cl)ccc1Br. The van der Waals surface area contributed by atoms with Crippen molar-refractivity contribution < 1.29 is 4.74 Å². The highest BCUT2D eigenvalue weighted by Gasteiger charge is 2.17. The van der Waals surface area contributed by atoms with Crippen LogP contribution in [-0.2, 0) is 0 Å². The molecule has 2 aromatic rings. The second kappa shape index (κ2) is 5.69. The van der Waals surface area contributed by atoms with Gasteiger partial charge in [-0.1, -0.05) is 27.5 Å². The van der Waals surface area contributed by atoms with Gasteiger partial charge in [0.25, 0.3) is 0 Å². The lowest BCUT2D eigenvalue weighted by Crippen LogP contribution is -2.15. The van der Waals surface area contributed by atoms with E-state index in [4.69, 9.17) is 22.1 Å². The fourth-order valence-electron chi connectivity index (χ4n) is 1.71. The number of methoxy groups -OCH3 is 1. The van der Waals surface area contributed by atoms with Crippen LogP contribution in [0.4, 0.5) is 0 Å². The van der Waals surface area contributed by atoms with Gasteiger partial charge in [-0.05, 0) is 35.9 Å². The van der Waals surface area contributed by atoms with Gasteiger partial charge in [-0.2, -0.15) is 0 Å². The zero-order valence-corrected chi connectivity index (χ0v) is 12.1. The molecule has 0 aliphatic heterocycles. The molecule has 3 nitrogen and oxygen atoms in total. The van der Waals surface area contributed by atoms with Crippen LogP contribution < -0.4 is 10.5 Å². The maximum Gasteiger partial charge on any atom is 0.142 e. The Balaban J connectivity index is 2.47. The fraction of sp³-hybridized carbons (Fsp3) is 0.154. The molecule has 18 heavy (non-hydrogen) atoms. The zero-order valence-electron chi connectivity index (χ0n) is 9.73. The first kappa shape index (κ1) is 13.3. The lowest BCUT2D eigenvalue weighted by molar-refractivity contribution is 0.404. The Morgan fingerprint density at radius 1 is 1.39 bits per heavy atom. The lowest BCUT2D eigenvalue weighted by atomic mass is 10.0. The third kappa shape index (κ3) is 2.66. The van der Waals surface area contributed by atoms with Crippen molar-refractivity contribution in [3.8, 4) is 5.75 Å². The van der Waals surface area contributed by atoms with E-state index in [-0.39, 0.29) is 0 Å². The molecule has 2 N–H and O–H groups in total. The Morgan fingerprint density at radius 3 is 2.89 bits per heavy atom. The number of ether oxygens (including phenoxy) is 1. The van der Waals surface area contributed by atoms with E-state index in [2.05, 4.69) is 20.9 Å². The van der Waals surface area contributed by atoms with Crippen molar-refractivity contribution in [2.24, 2.45) is 5.73 Å². The van der Waals surface area contributed by atoms with Crippen LogP contribution in [-0.4, -0.2) is 12.1 Å². The monoisotopic (exact) mass is 326 g/mol. The summed E-state index contributed by atoms with van der Waals surface area (Å²) in [4.78, 5) is 4.28. The van der Waals surface area contributed by atoms with Gasteiger partial charge >= 0.3 is 0 Å². The first-order valence-electron chi connectivity index (χ1n) is 5.33. The summed E-state index contributed by atoms with van der Waals surface area (Å²) in [5.41, 5.74) is 7.79. The predicted molar refractivity (Wildman–Crippen MR) is 76.0 cm³/mol. The molecule has 0 radical (unpaired) electrons. The van der Waals surface area contributed by atoms with Crippen molar-refractivity contribution in [3.63, 3.8) is 0 Å². The number of hydrogen-bond acceptors (Lipinski definition) is 3. The van der Waals surface area contributed by atoms with Gasteiger partial charge < -0.3 is 10.5 Å². The van der Waals surface area contributed by atoms with Crippen molar-refractivity contribution in [2.45, 2.75) is 6.04 Å². The van der Waals surface area contributed by atoms with Crippen molar-refractivity contribution in [1.29, 1.82) is 0 Å². The van der Waals surface area contributed by atoms with E-state index in [1.54, 1.807) is 19.4 Å². The van der Waals surface area contributed by atoms with Crippen LogP contribution in [0.25, 0.3) is 0 Å². The minimum Gasteiger partial charge on any atom is -0.495 e. The smallest absolute Gasteiger partial charge is 0.142 e. The highest BCUT2D eigenvalue weighted by Crippen LogP contribution is 2.32. The molecule has 1 atom stereocenters. The fourth-order valence-corrected chi connectivity index (χ4v) is 2.38. The van der Waals surface area contributed by atoms with E-state index in [1.807, 2.05) is 24.3 Å². The molecular weight excluding hydrogens is 316 g/mol. The standard InChI is InChI=1S/C13H12BrClN2O/c1-18-11-3-2-6-17-13(11)12(16)9-7-8(15)4-5-10(9)14/h2-7,12H,16H2,1H3. The van der Waals surface area contributed by atoms with Crippen LogP contribution >= 0.6 is 27.5 Å². The third-order valence-corrected chi connectivity index (χ3v) is 3.56. The Bertz CT molecular complexity index is 562. The molecule has 0 fully saturated rings. The quantitative estimate of drug-likeness (QED) is 0.938. The van der Waals surface area contributed by atoms with Gasteiger partial charge in [0.1, 0.15) is 11.4 Å². The molecule has 0 saturated heterocycles. The van der Waals surface area contributed by atoms with E-state index in [9.17, 15) is 0 Å². The summed E-state index contributed by atoms with van der Waals surface area (Å²) >= 11 is 9.46. The summed E-state index contributed by atoms with van der Waals surface area (Å²) in [6.07, 6.45) is 1.69. The number of benzene rings is 1. The molecule has 0 bridgehead atoms. The lowest BCUT2D eigenvalue weighted by Gasteiger charge is -2.16. The number of hydrogen-bond donors (Lipinski definition) is 1. The first-order valence-corrected chi connectivity index (χ1v) is 6.50. The second-order valence-electron chi connectivity index (χ2n) is 3.73. The molecule has 1 aromatic heterocycles. The van der Waals surface area contributed by atoms with Crippen LogP contribution in [0.5, 0.6) is 5.75 Å². The average Bonchev–Trinajstić information content (AvgIpc) is 2.40. The van der Waals surface area contributed by atoms with Gasteiger partial charge in [0.15, 0.2) is 0 Å². The van der Waals surface area contributed by atoms with Gasteiger partial charge in [-0.25, -0.2) is 0 Å². The van der Waals surface area contributed by atoms with Gasteiger partial charge in [0.2, 0.25) is 0 Å². The van der Waals surface area contributed by atoms with Crippen molar-refractivity contribution in [3.05, 3.63) is 57.3 Å². The van der Waals surface area contributed by atoms with Crippen molar-refractivity contribution in [2.75, 3.05) is 7.11 Å². The topological polar surface area (TPSA) is 48.1 Å². The Labute approximate surface area is 119 Å². The van der Waals surface area contributed by atoms with E-state index < -0.39 is 6.04 Å². The van der Waals surface area contributed by atoms with E-state index in [1.165, 1.54) is 0 Å².